The number of nitrogens with one attached hydrogen (secondary N) is 1. The van der Waals surface area contributed by atoms with Crippen molar-refractivity contribution in [1.82, 2.24) is 9.55 Å². The smallest absolute Gasteiger partial charge is 0.311 e. The molecule has 0 aliphatic heterocycles. The maximum Gasteiger partial charge on any atom is 0.311 e. The zero-order chi connectivity index (χ0) is 18.0. The molecule has 1 amide bonds. The highest BCUT2D eigenvalue weighted by molar-refractivity contribution is 6.06. The van der Waals surface area contributed by atoms with Gasteiger partial charge in [0.2, 0.25) is 5.95 Å². The molecule has 25 heavy (non-hydrogen) atoms. The predicted octanol–water partition coefficient (Wildman–Crippen LogP) is 3.23. The van der Waals surface area contributed by atoms with Gasteiger partial charge in [0.25, 0.3) is 5.91 Å². The summed E-state index contributed by atoms with van der Waals surface area (Å²) in [7, 11) is 0. The maximum atomic E-state index is 12.7. The Kier molecular flexibility index (Phi) is 4.56. The van der Waals surface area contributed by atoms with Crippen molar-refractivity contribution in [3.05, 3.63) is 47.4 Å². The summed E-state index contributed by atoms with van der Waals surface area (Å²) in [6.45, 7) is 4.47. The number of aromatic nitrogens is 2. The van der Waals surface area contributed by atoms with Crippen LogP contribution in [0.3, 0.4) is 0 Å². The van der Waals surface area contributed by atoms with Gasteiger partial charge in [0.15, 0.2) is 0 Å². The van der Waals surface area contributed by atoms with Crippen molar-refractivity contribution in [3.8, 4) is 0 Å². The molecule has 0 atom stereocenters. The zero-order valence-corrected chi connectivity index (χ0v) is 14.1. The summed E-state index contributed by atoms with van der Waals surface area (Å²) in [5, 5.41) is 11.8. The molecule has 0 radical (unpaired) electrons. The van der Waals surface area contributed by atoms with Crippen LogP contribution in [-0.2, 0) is 17.8 Å². The number of furan rings is 1. The number of aliphatic carboxylic acids is 1. The number of fused-ring (bicyclic) bond motifs is 1. The normalized spacial score (nSPS) is 11.0. The summed E-state index contributed by atoms with van der Waals surface area (Å²) >= 11 is 0. The molecule has 3 aromatic rings. The van der Waals surface area contributed by atoms with Crippen molar-refractivity contribution >= 4 is 28.9 Å². The van der Waals surface area contributed by atoms with E-state index in [1.54, 1.807) is 6.92 Å². The average Bonchev–Trinajstić information content (AvgIpc) is 3.08. The second-order valence-corrected chi connectivity index (χ2v) is 5.82. The predicted molar refractivity (Wildman–Crippen MR) is 92.8 cm³/mol. The first-order chi connectivity index (χ1) is 12.0. The third-order valence-corrected chi connectivity index (χ3v) is 3.92. The molecule has 7 nitrogen and oxygen atoms in total. The lowest BCUT2D eigenvalue weighted by Crippen LogP contribution is -2.18. The number of amides is 1. The Hall–Kier alpha value is -3.09. The number of hydrogen-bond donors (Lipinski definition) is 2. The Balaban J connectivity index is 1.96. The second-order valence-electron chi connectivity index (χ2n) is 5.82. The van der Waals surface area contributed by atoms with E-state index < -0.39 is 11.9 Å². The van der Waals surface area contributed by atoms with Gasteiger partial charge in [0.05, 0.1) is 22.9 Å². The van der Waals surface area contributed by atoms with E-state index in [1.165, 1.54) is 6.26 Å². The molecule has 0 bridgehead atoms. The Morgan fingerprint density at radius 3 is 2.80 bits per heavy atom. The number of rotatable bonds is 6. The highest BCUT2D eigenvalue weighted by Gasteiger charge is 2.22. The highest BCUT2D eigenvalue weighted by atomic mass is 16.4. The van der Waals surface area contributed by atoms with E-state index in [2.05, 4.69) is 10.3 Å². The van der Waals surface area contributed by atoms with Crippen molar-refractivity contribution in [2.24, 2.45) is 0 Å². The average molecular weight is 341 g/mol. The van der Waals surface area contributed by atoms with Gasteiger partial charge in [0, 0.05) is 12.1 Å². The van der Waals surface area contributed by atoms with Crippen LogP contribution in [0.4, 0.5) is 5.95 Å². The standard InChI is InChI=1S/C18H19N3O4/c1-3-8-21-13-7-5-4-6-12(13)19-18(21)20-17(24)16-11(2)10-25-14(16)9-15(22)23/h4-7,10H,3,8-9H2,1-2H3,(H,22,23)(H,19,20,24). The van der Waals surface area contributed by atoms with Crippen LogP contribution in [0.5, 0.6) is 0 Å². The maximum absolute atomic E-state index is 12.7. The monoisotopic (exact) mass is 341 g/mol. The molecule has 2 N–H and O–H groups in total. The van der Waals surface area contributed by atoms with E-state index >= 15 is 0 Å². The summed E-state index contributed by atoms with van der Waals surface area (Å²) in [4.78, 5) is 28.2. The molecule has 0 fully saturated rings. The lowest BCUT2D eigenvalue weighted by molar-refractivity contribution is -0.136. The SMILES string of the molecule is CCCn1c(NC(=O)c2c(C)coc2CC(=O)O)nc2ccccc21. The van der Waals surface area contributed by atoms with E-state index in [9.17, 15) is 9.59 Å². The minimum Gasteiger partial charge on any atom is -0.481 e. The van der Waals surface area contributed by atoms with E-state index in [0.717, 1.165) is 17.5 Å². The first-order valence-electron chi connectivity index (χ1n) is 8.06. The number of carbonyl (C=O) groups is 2. The van der Waals surface area contributed by atoms with Crippen LogP contribution in [0.15, 0.2) is 34.9 Å². The van der Waals surface area contributed by atoms with Gasteiger partial charge in [-0.15, -0.1) is 0 Å². The van der Waals surface area contributed by atoms with Gasteiger partial charge in [0.1, 0.15) is 12.2 Å². The number of carbonyl (C=O) groups excluding carboxylic acids is 1. The molecular weight excluding hydrogens is 322 g/mol. The molecule has 0 unspecified atom stereocenters. The summed E-state index contributed by atoms with van der Waals surface area (Å²) < 4.78 is 7.18. The van der Waals surface area contributed by atoms with Crippen LogP contribution in [0, 0.1) is 6.92 Å². The van der Waals surface area contributed by atoms with Crippen LogP contribution in [0.25, 0.3) is 11.0 Å². The van der Waals surface area contributed by atoms with Gasteiger partial charge in [-0.1, -0.05) is 19.1 Å². The molecule has 1 aromatic carbocycles. The first kappa shape index (κ1) is 16.8. The third kappa shape index (κ3) is 3.26. The van der Waals surface area contributed by atoms with Crippen LogP contribution in [0.2, 0.25) is 0 Å². The number of nitrogens with zero attached hydrogens (tertiary/aromatic N) is 2. The summed E-state index contributed by atoms with van der Waals surface area (Å²) in [6, 6.07) is 7.65. The number of carboxylic acids is 1. The van der Waals surface area contributed by atoms with Crippen LogP contribution >= 0.6 is 0 Å². The van der Waals surface area contributed by atoms with E-state index in [0.29, 0.717) is 18.1 Å². The number of carboxylic acid groups (broad SMARTS) is 1. The van der Waals surface area contributed by atoms with Gasteiger partial charge in [-0.05, 0) is 25.5 Å². The lowest BCUT2D eigenvalue weighted by Gasteiger charge is -2.09. The third-order valence-electron chi connectivity index (χ3n) is 3.92. The minimum atomic E-state index is -1.05. The van der Waals surface area contributed by atoms with E-state index in [4.69, 9.17) is 9.52 Å². The number of imidazole rings is 1. The van der Waals surface area contributed by atoms with Crippen molar-refractivity contribution in [2.75, 3.05) is 5.32 Å². The van der Waals surface area contributed by atoms with Gasteiger partial charge in [-0.3, -0.25) is 14.9 Å². The Bertz CT molecular complexity index is 939. The Labute approximate surface area is 144 Å². The van der Waals surface area contributed by atoms with E-state index in [-0.39, 0.29) is 17.7 Å². The number of hydrogen-bond acceptors (Lipinski definition) is 4. The molecule has 0 saturated carbocycles. The zero-order valence-electron chi connectivity index (χ0n) is 14.1. The fourth-order valence-corrected chi connectivity index (χ4v) is 2.86. The number of anilines is 1. The second kappa shape index (κ2) is 6.80. The van der Waals surface area contributed by atoms with Crippen LogP contribution in [0.1, 0.15) is 35.0 Å². The topological polar surface area (TPSA) is 97.4 Å². The fourth-order valence-electron chi connectivity index (χ4n) is 2.86. The number of benzene rings is 1. The molecule has 7 heteroatoms. The molecule has 0 spiro atoms. The molecule has 3 rings (SSSR count). The molecule has 2 heterocycles. The van der Waals surface area contributed by atoms with Gasteiger partial charge in [-0.2, -0.15) is 0 Å². The van der Waals surface area contributed by atoms with Crippen molar-refractivity contribution in [3.63, 3.8) is 0 Å². The molecule has 0 aliphatic carbocycles. The lowest BCUT2D eigenvalue weighted by atomic mass is 10.1. The molecule has 0 aliphatic rings. The van der Waals surface area contributed by atoms with Gasteiger partial charge in [-0.25, -0.2) is 4.98 Å². The molecule has 2 aromatic heterocycles. The minimum absolute atomic E-state index is 0.139. The molecular formula is C18H19N3O4. The largest absolute Gasteiger partial charge is 0.481 e. The summed E-state index contributed by atoms with van der Waals surface area (Å²) in [6.07, 6.45) is 1.93. The van der Waals surface area contributed by atoms with E-state index in [1.807, 2.05) is 35.8 Å². The molecule has 0 saturated heterocycles. The fraction of sp³-hybridized carbons (Fsp3) is 0.278. The van der Waals surface area contributed by atoms with Crippen LogP contribution in [-0.4, -0.2) is 26.5 Å². The number of para-hydroxylation sites is 2. The summed E-state index contributed by atoms with van der Waals surface area (Å²) in [5.74, 6) is -0.896. The number of aryl methyl sites for hydroxylation is 2. The Morgan fingerprint density at radius 1 is 1.32 bits per heavy atom. The van der Waals surface area contributed by atoms with Crippen molar-refractivity contribution in [2.45, 2.75) is 33.2 Å². The van der Waals surface area contributed by atoms with Crippen molar-refractivity contribution < 1.29 is 19.1 Å². The molecule has 130 valence electrons. The first-order valence-corrected chi connectivity index (χ1v) is 8.06. The van der Waals surface area contributed by atoms with Gasteiger partial charge < -0.3 is 14.1 Å². The van der Waals surface area contributed by atoms with Crippen LogP contribution < -0.4 is 5.32 Å². The quantitative estimate of drug-likeness (QED) is 0.717. The Morgan fingerprint density at radius 2 is 2.08 bits per heavy atom. The van der Waals surface area contributed by atoms with Gasteiger partial charge >= 0.3 is 5.97 Å². The van der Waals surface area contributed by atoms with Crippen molar-refractivity contribution in [1.29, 1.82) is 0 Å². The highest BCUT2D eigenvalue weighted by Crippen LogP contribution is 2.23. The summed E-state index contributed by atoms with van der Waals surface area (Å²) in [5.41, 5.74) is 2.57.